The maximum atomic E-state index is 12.6. The van der Waals surface area contributed by atoms with Gasteiger partial charge in [-0.15, -0.1) is 0 Å². The zero-order valence-electron chi connectivity index (χ0n) is 17.1. The maximum Gasteiger partial charge on any atom is 0.374 e. The lowest BCUT2D eigenvalue weighted by molar-refractivity contribution is -0.142. The molecule has 7 unspecified atom stereocenters. The lowest BCUT2D eigenvalue weighted by atomic mass is 9.45. The zero-order valence-corrected chi connectivity index (χ0v) is 17.1. The predicted octanol–water partition coefficient (Wildman–Crippen LogP) is 5.42. The fraction of sp³-hybridized carbons (Fsp3) is 0.750. The van der Waals surface area contributed by atoms with E-state index in [9.17, 15) is 9.59 Å². The Bertz CT molecular complexity index is 768. The van der Waals surface area contributed by atoms with Gasteiger partial charge in [0.1, 0.15) is 11.9 Å². The summed E-state index contributed by atoms with van der Waals surface area (Å²) < 4.78 is 11.0. The van der Waals surface area contributed by atoms with E-state index in [4.69, 9.17) is 9.15 Å². The van der Waals surface area contributed by atoms with Crippen LogP contribution in [0.5, 0.6) is 0 Å². The third kappa shape index (κ3) is 2.63. The maximum absolute atomic E-state index is 12.6. The summed E-state index contributed by atoms with van der Waals surface area (Å²) >= 11 is 0. The monoisotopic (exact) mass is 384 g/mol. The molecule has 1 heterocycles. The molecule has 0 N–H and O–H groups in total. The summed E-state index contributed by atoms with van der Waals surface area (Å²) in [5.74, 6) is 3.17. The second-order valence-electron chi connectivity index (χ2n) is 10.4. The summed E-state index contributed by atoms with van der Waals surface area (Å²) in [5.41, 5.74) is 0.295. The summed E-state index contributed by atoms with van der Waals surface area (Å²) in [4.78, 5) is 24.8. The van der Waals surface area contributed by atoms with Gasteiger partial charge >= 0.3 is 5.97 Å². The number of carbonyl (C=O) groups is 2. The van der Waals surface area contributed by atoms with Gasteiger partial charge in [0.15, 0.2) is 0 Å². The van der Waals surface area contributed by atoms with E-state index in [2.05, 4.69) is 13.8 Å². The Kier molecular flexibility index (Phi) is 4.26. The van der Waals surface area contributed by atoms with E-state index in [1.807, 2.05) is 0 Å². The van der Waals surface area contributed by atoms with Gasteiger partial charge in [0.05, 0.1) is 6.26 Å². The molecular weight excluding hydrogens is 352 g/mol. The molecule has 1 aromatic heterocycles. The van der Waals surface area contributed by atoms with Crippen LogP contribution < -0.4 is 0 Å². The Hall–Kier alpha value is -1.58. The van der Waals surface area contributed by atoms with Crippen LogP contribution in [0.15, 0.2) is 22.8 Å². The first kappa shape index (κ1) is 18.4. The molecule has 0 saturated heterocycles. The Labute approximate surface area is 167 Å². The van der Waals surface area contributed by atoms with Crippen molar-refractivity contribution in [2.45, 2.75) is 77.7 Å². The Morgan fingerprint density at radius 3 is 2.75 bits per heavy atom. The van der Waals surface area contributed by atoms with Gasteiger partial charge in [-0.2, -0.15) is 0 Å². The van der Waals surface area contributed by atoms with Gasteiger partial charge in [-0.3, -0.25) is 4.79 Å². The van der Waals surface area contributed by atoms with Gasteiger partial charge in [0.2, 0.25) is 5.76 Å². The first-order chi connectivity index (χ1) is 13.4. The molecule has 0 spiro atoms. The normalized spacial score (nSPS) is 45.1. The van der Waals surface area contributed by atoms with Crippen LogP contribution in [0.3, 0.4) is 0 Å². The van der Waals surface area contributed by atoms with E-state index in [0.29, 0.717) is 34.7 Å². The summed E-state index contributed by atoms with van der Waals surface area (Å²) in [7, 11) is 0. The molecule has 7 atom stereocenters. The summed E-state index contributed by atoms with van der Waals surface area (Å²) in [5, 5.41) is 0. The van der Waals surface area contributed by atoms with Crippen molar-refractivity contribution in [1.29, 1.82) is 0 Å². The summed E-state index contributed by atoms with van der Waals surface area (Å²) in [6.07, 6.45) is 11.2. The highest BCUT2D eigenvalue weighted by Crippen LogP contribution is 2.65. The highest BCUT2D eigenvalue weighted by atomic mass is 16.6. The SMILES string of the molecule is CC12CCC3C(CCC4CC(OC(=O)c5ccco5)CCC43C)C1CCC2=O. The lowest BCUT2D eigenvalue weighted by Crippen LogP contribution is -2.54. The molecule has 4 aliphatic rings. The van der Waals surface area contributed by atoms with E-state index in [0.717, 1.165) is 44.4 Å². The molecule has 5 rings (SSSR count). The van der Waals surface area contributed by atoms with Crippen LogP contribution in [0, 0.1) is 34.5 Å². The standard InChI is InChI=1S/C24H32O4/c1-23-11-9-16(28-22(26)20-4-3-13-27-20)14-15(23)5-6-17-18-7-8-21(25)24(18,2)12-10-19(17)23/h3-4,13,15-19H,5-12,14H2,1-2H3. The van der Waals surface area contributed by atoms with Gasteiger partial charge in [-0.05, 0) is 92.6 Å². The lowest BCUT2D eigenvalue weighted by Gasteiger charge is -2.60. The van der Waals surface area contributed by atoms with Crippen LogP contribution in [0.4, 0.5) is 0 Å². The summed E-state index contributed by atoms with van der Waals surface area (Å²) in [6.45, 7) is 4.75. The predicted molar refractivity (Wildman–Crippen MR) is 105 cm³/mol. The topological polar surface area (TPSA) is 56.5 Å². The minimum atomic E-state index is -0.329. The first-order valence-corrected chi connectivity index (χ1v) is 11.2. The highest BCUT2D eigenvalue weighted by Gasteiger charge is 2.60. The number of Topliss-reactive ketones (excluding diaryl/α,β-unsaturated/α-hetero) is 1. The molecule has 4 fully saturated rings. The van der Waals surface area contributed by atoms with Crippen LogP contribution in [0.1, 0.15) is 82.2 Å². The first-order valence-electron chi connectivity index (χ1n) is 11.2. The molecular formula is C24H32O4. The van der Waals surface area contributed by atoms with Crippen molar-refractivity contribution in [3.8, 4) is 0 Å². The zero-order chi connectivity index (χ0) is 19.5. The minimum absolute atomic E-state index is 0.00846. The fourth-order valence-electron chi connectivity index (χ4n) is 7.70. The van der Waals surface area contributed by atoms with Crippen molar-refractivity contribution >= 4 is 11.8 Å². The van der Waals surface area contributed by atoms with Crippen LogP contribution in [-0.2, 0) is 9.53 Å². The van der Waals surface area contributed by atoms with Gasteiger partial charge in [-0.1, -0.05) is 13.8 Å². The van der Waals surface area contributed by atoms with Crippen LogP contribution in [-0.4, -0.2) is 17.9 Å². The van der Waals surface area contributed by atoms with E-state index in [1.54, 1.807) is 12.1 Å². The third-order valence-electron chi connectivity index (χ3n) is 9.32. The average Bonchev–Trinajstić information content (AvgIpc) is 3.31. The van der Waals surface area contributed by atoms with Crippen molar-refractivity contribution in [1.82, 2.24) is 0 Å². The molecule has 0 aliphatic heterocycles. The van der Waals surface area contributed by atoms with Gasteiger partial charge < -0.3 is 9.15 Å². The smallest absolute Gasteiger partial charge is 0.374 e. The van der Waals surface area contributed by atoms with Crippen LogP contribution >= 0.6 is 0 Å². The molecule has 4 nitrogen and oxygen atoms in total. The molecule has 4 heteroatoms. The van der Waals surface area contributed by atoms with Gasteiger partial charge in [0.25, 0.3) is 0 Å². The molecule has 152 valence electrons. The number of esters is 1. The number of hydrogen-bond donors (Lipinski definition) is 0. The van der Waals surface area contributed by atoms with Crippen molar-refractivity contribution in [3.63, 3.8) is 0 Å². The molecule has 1 aromatic rings. The van der Waals surface area contributed by atoms with E-state index >= 15 is 0 Å². The van der Waals surface area contributed by atoms with E-state index < -0.39 is 0 Å². The quantitative estimate of drug-likeness (QED) is 0.639. The molecule has 0 amide bonds. The minimum Gasteiger partial charge on any atom is -0.457 e. The Morgan fingerprint density at radius 1 is 1.11 bits per heavy atom. The van der Waals surface area contributed by atoms with Gasteiger partial charge in [0, 0.05) is 11.8 Å². The average molecular weight is 385 g/mol. The van der Waals surface area contributed by atoms with Crippen LogP contribution in [0.25, 0.3) is 0 Å². The van der Waals surface area contributed by atoms with Crippen molar-refractivity contribution < 1.29 is 18.7 Å². The van der Waals surface area contributed by atoms with Crippen molar-refractivity contribution in [2.24, 2.45) is 34.5 Å². The second-order valence-corrected chi connectivity index (χ2v) is 10.4. The molecule has 0 aromatic carbocycles. The van der Waals surface area contributed by atoms with Crippen LogP contribution in [0.2, 0.25) is 0 Å². The third-order valence-corrected chi connectivity index (χ3v) is 9.32. The molecule has 4 aliphatic carbocycles. The molecule has 0 bridgehead atoms. The number of hydrogen-bond acceptors (Lipinski definition) is 4. The largest absolute Gasteiger partial charge is 0.457 e. The highest BCUT2D eigenvalue weighted by molar-refractivity contribution is 5.87. The number of rotatable bonds is 2. The number of fused-ring (bicyclic) bond motifs is 5. The number of carbonyl (C=O) groups excluding carboxylic acids is 2. The Morgan fingerprint density at radius 2 is 1.96 bits per heavy atom. The second kappa shape index (κ2) is 6.47. The molecule has 4 saturated carbocycles. The fourth-order valence-corrected chi connectivity index (χ4v) is 7.70. The molecule has 0 radical (unpaired) electrons. The van der Waals surface area contributed by atoms with Crippen molar-refractivity contribution in [3.05, 3.63) is 24.2 Å². The van der Waals surface area contributed by atoms with E-state index in [1.165, 1.54) is 25.5 Å². The van der Waals surface area contributed by atoms with Gasteiger partial charge in [-0.25, -0.2) is 4.79 Å². The number of furan rings is 1. The Balaban J connectivity index is 1.30. The summed E-state index contributed by atoms with van der Waals surface area (Å²) in [6, 6.07) is 3.39. The number of ether oxygens (including phenoxy) is 1. The van der Waals surface area contributed by atoms with E-state index in [-0.39, 0.29) is 17.5 Å². The number of ketones is 1. The van der Waals surface area contributed by atoms with Crippen molar-refractivity contribution in [2.75, 3.05) is 0 Å². The molecule has 28 heavy (non-hydrogen) atoms.